The van der Waals surface area contributed by atoms with Crippen LogP contribution in [0.5, 0.6) is 0 Å². The lowest BCUT2D eigenvalue weighted by atomic mass is 9.90. The number of imidazole rings is 2. The summed E-state index contributed by atoms with van der Waals surface area (Å²) in [6.45, 7) is 2.32. The van der Waals surface area contributed by atoms with Gasteiger partial charge in [-0.05, 0) is 98.6 Å². The van der Waals surface area contributed by atoms with Crippen LogP contribution in [0, 0.1) is 23.7 Å². The number of aromatic amines is 2. The van der Waals surface area contributed by atoms with Crippen molar-refractivity contribution in [3.05, 3.63) is 83.7 Å². The van der Waals surface area contributed by atoms with E-state index in [0.717, 1.165) is 96.7 Å². The van der Waals surface area contributed by atoms with Gasteiger partial charge < -0.3 is 44.6 Å². The molecule has 61 heavy (non-hydrogen) atoms. The molecular formula is C46H54N8O7. The maximum absolute atomic E-state index is 13.9. The molecule has 4 fully saturated rings. The summed E-state index contributed by atoms with van der Waals surface area (Å²) >= 11 is 0. The summed E-state index contributed by atoms with van der Waals surface area (Å²) in [5.74, 6) is 7.88. The van der Waals surface area contributed by atoms with Crippen LogP contribution in [0.4, 0.5) is 9.59 Å². The number of methoxy groups -OCH3 is 2. The van der Waals surface area contributed by atoms with Gasteiger partial charge in [-0.3, -0.25) is 9.59 Å². The molecule has 2 aromatic heterocycles. The van der Waals surface area contributed by atoms with Gasteiger partial charge in [-0.25, -0.2) is 19.6 Å². The molecule has 15 nitrogen and oxygen atoms in total. The number of carbonyl (C=O) groups is 4. The molecule has 0 spiro atoms. The summed E-state index contributed by atoms with van der Waals surface area (Å²) in [5, 5.41) is 5.64. The first-order chi connectivity index (χ1) is 29.8. The fraction of sp³-hybridized carbons (Fsp3) is 0.478. The van der Waals surface area contributed by atoms with Gasteiger partial charge in [0.25, 0.3) is 0 Å². The summed E-state index contributed by atoms with van der Waals surface area (Å²) in [5.41, 5.74) is 5.34. The Morgan fingerprint density at radius 2 is 1.07 bits per heavy atom. The summed E-state index contributed by atoms with van der Waals surface area (Å²) < 4.78 is 15.2. The minimum absolute atomic E-state index is 0.0279. The minimum atomic E-state index is -0.685. The maximum atomic E-state index is 13.9. The van der Waals surface area contributed by atoms with Crippen LogP contribution in [-0.4, -0.2) is 106 Å². The number of carbonyl (C=O) groups excluding carboxylic acids is 4. The van der Waals surface area contributed by atoms with Gasteiger partial charge in [0, 0.05) is 37.4 Å². The minimum Gasteiger partial charge on any atom is -0.453 e. The Bertz CT molecular complexity index is 2230. The quantitative estimate of drug-likeness (QED) is 0.134. The van der Waals surface area contributed by atoms with E-state index < -0.39 is 24.3 Å². The van der Waals surface area contributed by atoms with Crippen molar-refractivity contribution in [3.63, 3.8) is 0 Å². The number of aromatic nitrogens is 4. The van der Waals surface area contributed by atoms with E-state index in [-0.39, 0.29) is 35.7 Å². The van der Waals surface area contributed by atoms with Gasteiger partial charge in [0.05, 0.1) is 50.1 Å². The SMILES string of the molecule is COC(=O)N[C@H](C(=O)N1CCC[C@H]1c1ncc(-c2ccc(C#Cc3ccc(-c4cnc([C@@H]5CCCN5C(=O)[C@@H](NC(=O)OC)C5CCOCC5)[nH]4)cc3)cc2)[nH]1)C1CCCC1. The second-order valence-electron chi connectivity index (χ2n) is 16.4. The van der Waals surface area contributed by atoms with Crippen LogP contribution in [-0.2, 0) is 23.8 Å². The van der Waals surface area contributed by atoms with Gasteiger partial charge in [-0.1, -0.05) is 48.9 Å². The number of likely N-dealkylation sites (tertiary alicyclic amines) is 2. The third kappa shape index (κ3) is 9.44. The molecule has 1 saturated carbocycles. The Morgan fingerprint density at radius 3 is 1.49 bits per heavy atom. The van der Waals surface area contributed by atoms with E-state index in [9.17, 15) is 19.2 Å². The zero-order valence-electron chi connectivity index (χ0n) is 34.8. The van der Waals surface area contributed by atoms with E-state index in [0.29, 0.717) is 39.1 Å². The van der Waals surface area contributed by atoms with Crippen molar-refractivity contribution in [2.24, 2.45) is 11.8 Å². The maximum Gasteiger partial charge on any atom is 0.407 e. The Morgan fingerprint density at radius 1 is 0.639 bits per heavy atom. The predicted molar refractivity (Wildman–Crippen MR) is 226 cm³/mol. The Kier molecular flexibility index (Phi) is 13.0. The van der Waals surface area contributed by atoms with Gasteiger partial charge >= 0.3 is 12.2 Å². The molecule has 3 saturated heterocycles. The number of H-pyrrole nitrogens is 2. The molecule has 4 N–H and O–H groups in total. The van der Waals surface area contributed by atoms with Crippen LogP contribution in [0.1, 0.15) is 99.1 Å². The molecule has 1 aliphatic carbocycles. The molecule has 320 valence electrons. The number of alkyl carbamates (subject to hydrolysis) is 2. The van der Waals surface area contributed by atoms with Crippen molar-refractivity contribution in [3.8, 4) is 34.4 Å². The highest BCUT2D eigenvalue weighted by Crippen LogP contribution is 2.36. The van der Waals surface area contributed by atoms with E-state index in [1.165, 1.54) is 14.2 Å². The molecule has 0 unspecified atom stereocenters. The highest BCUT2D eigenvalue weighted by atomic mass is 16.5. The van der Waals surface area contributed by atoms with E-state index in [1.807, 2.05) is 58.3 Å². The number of nitrogens with zero attached hydrogens (tertiary/aromatic N) is 4. The van der Waals surface area contributed by atoms with E-state index >= 15 is 0 Å². The smallest absolute Gasteiger partial charge is 0.407 e. The van der Waals surface area contributed by atoms with Gasteiger partial charge in [0.15, 0.2) is 0 Å². The van der Waals surface area contributed by atoms with Crippen molar-refractivity contribution < 1.29 is 33.4 Å². The number of rotatable bonds is 10. The number of amides is 4. The second-order valence-corrected chi connectivity index (χ2v) is 16.4. The van der Waals surface area contributed by atoms with Crippen LogP contribution in [0.25, 0.3) is 22.5 Å². The lowest BCUT2D eigenvalue weighted by Crippen LogP contribution is -2.53. The largest absolute Gasteiger partial charge is 0.453 e. The molecule has 4 amide bonds. The number of nitrogens with one attached hydrogen (secondary N) is 4. The molecule has 0 radical (unpaired) electrons. The topological polar surface area (TPSA) is 184 Å². The molecule has 4 aliphatic rings. The monoisotopic (exact) mass is 830 g/mol. The first kappa shape index (κ1) is 41.6. The van der Waals surface area contributed by atoms with E-state index in [4.69, 9.17) is 24.2 Å². The van der Waals surface area contributed by atoms with Gasteiger partial charge in [0.2, 0.25) is 11.8 Å². The van der Waals surface area contributed by atoms with Crippen LogP contribution < -0.4 is 10.6 Å². The first-order valence-electron chi connectivity index (χ1n) is 21.5. The highest BCUT2D eigenvalue weighted by molar-refractivity contribution is 5.87. The first-order valence-corrected chi connectivity index (χ1v) is 21.5. The molecule has 15 heteroatoms. The van der Waals surface area contributed by atoms with Crippen molar-refractivity contribution in [1.29, 1.82) is 0 Å². The zero-order valence-corrected chi connectivity index (χ0v) is 34.8. The average molecular weight is 831 g/mol. The Hall–Kier alpha value is -6.14. The fourth-order valence-corrected chi connectivity index (χ4v) is 9.38. The van der Waals surface area contributed by atoms with Crippen molar-refractivity contribution in [1.82, 2.24) is 40.4 Å². The molecule has 8 rings (SSSR count). The third-order valence-corrected chi connectivity index (χ3v) is 12.7. The van der Waals surface area contributed by atoms with Crippen molar-refractivity contribution >= 4 is 24.0 Å². The molecule has 2 aromatic carbocycles. The molecular weight excluding hydrogens is 777 g/mol. The molecule has 5 heterocycles. The molecule has 4 aromatic rings. The molecule has 3 aliphatic heterocycles. The highest BCUT2D eigenvalue weighted by Gasteiger charge is 2.42. The number of benzene rings is 2. The summed E-state index contributed by atoms with van der Waals surface area (Å²) in [6.07, 6.45) is 11.0. The number of hydrogen-bond acceptors (Lipinski definition) is 9. The summed E-state index contributed by atoms with van der Waals surface area (Å²) in [6, 6.07) is 14.2. The van der Waals surface area contributed by atoms with Gasteiger partial charge in [-0.2, -0.15) is 0 Å². The molecule has 0 bridgehead atoms. The zero-order chi connectivity index (χ0) is 42.3. The van der Waals surface area contributed by atoms with Crippen LogP contribution in [0.2, 0.25) is 0 Å². The van der Waals surface area contributed by atoms with Crippen LogP contribution in [0.3, 0.4) is 0 Å². The third-order valence-electron chi connectivity index (χ3n) is 12.7. The fourth-order valence-electron chi connectivity index (χ4n) is 9.38. The lowest BCUT2D eigenvalue weighted by Gasteiger charge is -2.34. The van der Waals surface area contributed by atoms with Crippen LogP contribution >= 0.6 is 0 Å². The second kappa shape index (κ2) is 19.1. The normalized spacial score (nSPS) is 20.4. The number of hydrogen-bond donors (Lipinski definition) is 4. The van der Waals surface area contributed by atoms with Gasteiger partial charge in [-0.15, -0.1) is 0 Å². The Balaban J connectivity index is 0.888. The number of ether oxygens (including phenoxy) is 3. The lowest BCUT2D eigenvalue weighted by molar-refractivity contribution is -0.137. The van der Waals surface area contributed by atoms with E-state index in [1.54, 1.807) is 12.4 Å². The van der Waals surface area contributed by atoms with Gasteiger partial charge in [0.1, 0.15) is 23.7 Å². The molecule has 4 atom stereocenters. The van der Waals surface area contributed by atoms with Crippen molar-refractivity contribution in [2.45, 2.75) is 88.4 Å². The summed E-state index contributed by atoms with van der Waals surface area (Å²) in [7, 11) is 2.63. The average Bonchev–Trinajstić information content (AvgIpc) is 4.16. The predicted octanol–water partition coefficient (Wildman–Crippen LogP) is 6.26. The summed E-state index contributed by atoms with van der Waals surface area (Å²) in [4.78, 5) is 72.2. The standard InChI is InChI=1S/C46H54N8O7/c1-59-45(57)51-39(33-7-3-4-8-33)43(55)53-23-5-9-37(53)41-47-27-35(49-41)31-17-13-29(14-18-31)11-12-30-15-19-32(20-16-30)36-28-48-42(50-36)38-10-6-24-54(38)44(56)40(52-46(58)60-2)34-21-25-61-26-22-34/h13-20,27-28,33-34,37-40H,3-10,21-26H2,1-2H3,(H,47,49)(H,48,50)(H,51,57)(H,52,58)/t37-,38-,39-,40-/m0/s1. The van der Waals surface area contributed by atoms with Crippen molar-refractivity contribution in [2.75, 3.05) is 40.5 Å². The Labute approximate surface area is 355 Å². The van der Waals surface area contributed by atoms with E-state index in [2.05, 4.69) is 32.4 Å². The van der Waals surface area contributed by atoms with Crippen LogP contribution in [0.15, 0.2) is 60.9 Å².